The molecule has 212 valence electrons. The van der Waals surface area contributed by atoms with Crippen LogP contribution in [0.3, 0.4) is 0 Å². The van der Waals surface area contributed by atoms with Crippen molar-refractivity contribution in [2.24, 2.45) is 5.92 Å². The molecule has 2 aliphatic rings. The van der Waals surface area contributed by atoms with Gasteiger partial charge in [0.25, 0.3) is 5.91 Å². The minimum atomic E-state index is -0.293. The fourth-order valence-corrected chi connectivity index (χ4v) is 5.56. The van der Waals surface area contributed by atoms with Crippen LogP contribution in [0.4, 0.5) is 10.5 Å². The topological polar surface area (TPSA) is 109 Å². The summed E-state index contributed by atoms with van der Waals surface area (Å²) >= 11 is 18.3. The molecule has 0 aromatic heterocycles. The number of piperidine rings is 1. The summed E-state index contributed by atoms with van der Waals surface area (Å²) in [4.78, 5) is 29.7. The average molecular weight is 599 g/mol. The lowest BCUT2D eigenvalue weighted by Crippen LogP contribution is -2.50. The zero-order chi connectivity index (χ0) is 27.9. The maximum atomic E-state index is 12.8. The fraction of sp³-hybridized carbons (Fsp3) is 0.481. The first-order chi connectivity index (χ1) is 18.7. The van der Waals surface area contributed by atoms with Gasteiger partial charge in [-0.2, -0.15) is 0 Å². The molecule has 0 aliphatic carbocycles. The van der Waals surface area contributed by atoms with Crippen LogP contribution in [-0.2, 0) is 11.3 Å². The first kappa shape index (κ1) is 29.6. The molecule has 1 unspecified atom stereocenters. The molecular formula is C27H34Cl3N5O4. The monoisotopic (exact) mass is 597 g/mol. The van der Waals surface area contributed by atoms with Crippen molar-refractivity contribution >= 4 is 52.4 Å². The number of carbonyl (C=O) groups excluding carboxylic acids is 2. The van der Waals surface area contributed by atoms with Gasteiger partial charge in [-0.1, -0.05) is 40.9 Å². The lowest BCUT2D eigenvalue weighted by Gasteiger charge is -2.38. The van der Waals surface area contributed by atoms with E-state index < -0.39 is 0 Å². The van der Waals surface area contributed by atoms with Crippen molar-refractivity contribution in [2.45, 2.75) is 25.5 Å². The molecule has 2 fully saturated rings. The minimum Gasteiger partial charge on any atom is -0.496 e. The van der Waals surface area contributed by atoms with E-state index in [2.05, 4.69) is 15.5 Å². The molecule has 39 heavy (non-hydrogen) atoms. The number of carbonyl (C=O) groups is 2. The number of anilines is 1. The number of methoxy groups -OCH3 is 1. The summed E-state index contributed by atoms with van der Waals surface area (Å²) in [6.45, 7) is 5.25. The number of nitrogen functional groups attached to an aromatic ring is 1. The number of nitrogens with two attached hydrogens (primary N) is 1. The van der Waals surface area contributed by atoms with Crippen LogP contribution < -0.4 is 21.1 Å². The van der Waals surface area contributed by atoms with Gasteiger partial charge >= 0.3 is 6.03 Å². The first-order valence-corrected chi connectivity index (χ1v) is 14.1. The molecule has 2 saturated heterocycles. The Balaban J connectivity index is 1.19. The van der Waals surface area contributed by atoms with Gasteiger partial charge in [-0.05, 0) is 42.5 Å². The Morgan fingerprint density at radius 2 is 1.85 bits per heavy atom. The zero-order valence-corrected chi connectivity index (χ0v) is 24.1. The zero-order valence-electron chi connectivity index (χ0n) is 21.9. The standard InChI is InChI=1S/C27H34Cl3N5O4/c1-38-25-12-24(31)23(30)11-21(25)26(36)32-14-20-16-34(8-9-39-20)15-17-4-6-35(7-5-17)27(37)33-13-18-2-3-19(28)10-22(18)29/h2-3,10-12,17,20H,4-9,13-16,31H2,1H3,(H,32,36)(H,33,37). The molecule has 2 aromatic carbocycles. The highest BCUT2D eigenvalue weighted by atomic mass is 35.5. The van der Waals surface area contributed by atoms with E-state index in [4.69, 9.17) is 50.0 Å². The van der Waals surface area contributed by atoms with Crippen molar-refractivity contribution < 1.29 is 19.1 Å². The second-order valence-corrected chi connectivity index (χ2v) is 11.1. The number of amides is 3. The predicted molar refractivity (Wildman–Crippen MR) is 154 cm³/mol. The summed E-state index contributed by atoms with van der Waals surface area (Å²) in [5, 5.41) is 7.29. The Kier molecular flexibility index (Phi) is 10.4. The molecule has 2 aromatic rings. The number of nitrogens with zero attached hydrogens (tertiary/aromatic N) is 2. The van der Waals surface area contributed by atoms with Crippen molar-refractivity contribution in [1.82, 2.24) is 20.4 Å². The molecule has 3 amide bonds. The average Bonchev–Trinajstić information content (AvgIpc) is 2.93. The van der Waals surface area contributed by atoms with Crippen LogP contribution in [-0.4, -0.2) is 80.8 Å². The van der Waals surface area contributed by atoms with Crippen LogP contribution in [0.15, 0.2) is 30.3 Å². The number of hydrogen-bond acceptors (Lipinski definition) is 6. The minimum absolute atomic E-state index is 0.0827. The van der Waals surface area contributed by atoms with Crippen molar-refractivity contribution in [2.75, 3.05) is 58.7 Å². The van der Waals surface area contributed by atoms with Crippen LogP contribution in [0.25, 0.3) is 0 Å². The maximum absolute atomic E-state index is 12.8. The Labute approximate surface area is 243 Å². The van der Waals surface area contributed by atoms with Gasteiger partial charge in [0.05, 0.1) is 36.1 Å². The number of urea groups is 1. The summed E-state index contributed by atoms with van der Waals surface area (Å²) in [5.74, 6) is 0.571. The molecular weight excluding hydrogens is 565 g/mol. The molecule has 9 nitrogen and oxygen atoms in total. The van der Waals surface area contributed by atoms with E-state index in [-0.39, 0.29) is 18.0 Å². The Morgan fingerprint density at radius 3 is 2.56 bits per heavy atom. The summed E-state index contributed by atoms with van der Waals surface area (Å²) in [6, 6.07) is 8.23. The van der Waals surface area contributed by atoms with E-state index in [1.807, 2.05) is 11.0 Å². The highest BCUT2D eigenvalue weighted by Crippen LogP contribution is 2.29. The lowest BCUT2D eigenvalue weighted by atomic mass is 9.96. The van der Waals surface area contributed by atoms with Crippen LogP contribution in [0, 0.1) is 5.92 Å². The number of rotatable bonds is 8. The normalized spacial score (nSPS) is 18.6. The third-order valence-corrected chi connectivity index (χ3v) is 8.05. The van der Waals surface area contributed by atoms with Gasteiger partial charge < -0.3 is 30.7 Å². The summed E-state index contributed by atoms with van der Waals surface area (Å²) in [6.07, 6.45) is 1.75. The summed E-state index contributed by atoms with van der Waals surface area (Å²) in [5.41, 5.74) is 7.33. The number of hydrogen-bond donors (Lipinski definition) is 3. The van der Waals surface area contributed by atoms with E-state index >= 15 is 0 Å². The third kappa shape index (κ3) is 8.05. The van der Waals surface area contributed by atoms with E-state index in [1.54, 1.807) is 18.2 Å². The highest BCUT2D eigenvalue weighted by molar-refractivity contribution is 6.35. The number of likely N-dealkylation sites (tertiary alicyclic amines) is 1. The van der Waals surface area contributed by atoms with E-state index in [0.717, 1.165) is 38.0 Å². The van der Waals surface area contributed by atoms with E-state index in [1.165, 1.54) is 13.2 Å². The molecule has 2 aliphatic heterocycles. The van der Waals surface area contributed by atoms with Crippen LogP contribution in [0.1, 0.15) is 28.8 Å². The molecule has 4 rings (SSSR count). The largest absolute Gasteiger partial charge is 0.496 e. The van der Waals surface area contributed by atoms with Crippen molar-refractivity contribution in [3.63, 3.8) is 0 Å². The van der Waals surface area contributed by atoms with Gasteiger partial charge in [-0.15, -0.1) is 0 Å². The van der Waals surface area contributed by atoms with Crippen LogP contribution in [0.5, 0.6) is 5.75 Å². The number of halogens is 3. The number of nitrogens with one attached hydrogen (secondary N) is 2. The molecule has 0 saturated carbocycles. The number of ether oxygens (including phenoxy) is 2. The Bertz CT molecular complexity index is 1180. The predicted octanol–water partition coefficient (Wildman–Crippen LogP) is 4.29. The first-order valence-electron chi connectivity index (χ1n) is 13.0. The van der Waals surface area contributed by atoms with Crippen molar-refractivity contribution in [3.05, 3.63) is 56.5 Å². The Morgan fingerprint density at radius 1 is 1.08 bits per heavy atom. The van der Waals surface area contributed by atoms with Crippen LogP contribution in [0.2, 0.25) is 15.1 Å². The lowest BCUT2D eigenvalue weighted by molar-refractivity contribution is -0.0330. The fourth-order valence-electron chi connectivity index (χ4n) is 4.92. The second-order valence-electron chi connectivity index (χ2n) is 9.86. The van der Waals surface area contributed by atoms with Crippen molar-refractivity contribution in [1.29, 1.82) is 0 Å². The van der Waals surface area contributed by atoms with E-state index in [0.29, 0.717) is 70.8 Å². The maximum Gasteiger partial charge on any atom is 0.317 e. The van der Waals surface area contributed by atoms with Gasteiger partial charge in [-0.3, -0.25) is 9.69 Å². The Hall–Kier alpha value is -2.43. The van der Waals surface area contributed by atoms with Gasteiger partial charge in [0.15, 0.2) is 0 Å². The molecule has 0 radical (unpaired) electrons. The quantitative estimate of drug-likeness (QED) is 0.391. The number of morpholine rings is 1. The third-order valence-electron chi connectivity index (χ3n) is 7.14. The molecule has 12 heteroatoms. The smallest absolute Gasteiger partial charge is 0.317 e. The molecule has 2 heterocycles. The molecule has 1 atom stereocenters. The highest BCUT2D eigenvalue weighted by Gasteiger charge is 2.28. The molecule has 0 spiro atoms. The summed E-state index contributed by atoms with van der Waals surface area (Å²) < 4.78 is 11.2. The molecule has 4 N–H and O–H groups in total. The number of benzene rings is 2. The van der Waals surface area contributed by atoms with Crippen molar-refractivity contribution in [3.8, 4) is 5.75 Å². The summed E-state index contributed by atoms with van der Waals surface area (Å²) in [7, 11) is 1.48. The van der Waals surface area contributed by atoms with Gasteiger partial charge in [0.2, 0.25) is 0 Å². The van der Waals surface area contributed by atoms with Gasteiger partial charge in [0.1, 0.15) is 5.75 Å². The van der Waals surface area contributed by atoms with Gasteiger partial charge in [0, 0.05) is 61.9 Å². The molecule has 0 bridgehead atoms. The SMILES string of the molecule is COc1cc(N)c(Cl)cc1C(=O)NCC1CN(CC2CCN(C(=O)NCc3ccc(Cl)cc3Cl)CC2)CCO1. The van der Waals surface area contributed by atoms with Gasteiger partial charge in [-0.25, -0.2) is 4.79 Å². The second kappa shape index (κ2) is 13.8. The van der Waals surface area contributed by atoms with E-state index in [9.17, 15) is 9.59 Å². The van der Waals surface area contributed by atoms with Crippen LogP contribution >= 0.6 is 34.8 Å².